The Bertz CT molecular complexity index is 849. The molecule has 0 radical (unpaired) electrons. The minimum Gasteiger partial charge on any atom is -0.476 e. The Kier molecular flexibility index (Phi) is 7.79. The van der Waals surface area contributed by atoms with E-state index in [4.69, 9.17) is 21.1 Å². The predicted molar refractivity (Wildman–Crippen MR) is 110 cm³/mol. The second kappa shape index (κ2) is 10.1. The molecule has 0 fully saturated rings. The maximum Gasteiger partial charge on any atom is 0.350 e. The van der Waals surface area contributed by atoms with Gasteiger partial charge in [-0.1, -0.05) is 41.9 Å². The molecule has 0 heterocycles. The summed E-state index contributed by atoms with van der Waals surface area (Å²) in [6.07, 6.45) is 0.362. The second-order valence-corrected chi connectivity index (χ2v) is 7.50. The van der Waals surface area contributed by atoms with Crippen LogP contribution in [0.3, 0.4) is 0 Å². The van der Waals surface area contributed by atoms with Crippen molar-refractivity contribution >= 4 is 29.3 Å². The SMILES string of the molecule is CC(=O)[C@@H](Cc1ccccc1)NC(=O)COC(=O)C(C)(C)Oc1ccc(Cl)cc1. The number of hydrogen-bond acceptors (Lipinski definition) is 5. The Balaban J connectivity index is 1.88. The van der Waals surface area contributed by atoms with E-state index in [1.54, 1.807) is 24.3 Å². The maximum absolute atomic E-state index is 12.3. The summed E-state index contributed by atoms with van der Waals surface area (Å²) in [4.78, 5) is 36.4. The van der Waals surface area contributed by atoms with Gasteiger partial charge in [0.05, 0.1) is 6.04 Å². The molecule has 6 nitrogen and oxygen atoms in total. The first kappa shape index (κ1) is 22.4. The van der Waals surface area contributed by atoms with E-state index in [0.717, 1.165) is 5.56 Å². The first-order valence-corrected chi connectivity index (χ1v) is 9.51. The van der Waals surface area contributed by atoms with Crippen LogP contribution in [0.15, 0.2) is 54.6 Å². The quantitative estimate of drug-likeness (QED) is 0.633. The number of esters is 1. The Morgan fingerprint density at radius 2 is 1.66 bits per heavy atom. The number of ether oxygens (including phenoxy) is 2. The van der Waals surface area contributed by atoms with Gasteiger partial charge in [0.25, 0.3) is 5.91 Å². The molecule has 0 aliphatic carbocycles. The van der Waals surface area contributed by atoms with Gasteiger partial charge in [-0.3, -0.25) is 9.59 Å². The standard InChI is InChI=1S/C22H24ClNO5/c1-15(25)19(13-16-7-5-4-6-8-16)24-20(26)14-28-21(27)22(2,3)29-18-11-9-17(23)10-12-18/h4-12,19H,13-14H2,1-3H3,(H,24,26)/t19-/m1/s1. The number of amides is 1. The summed E-state index contributed by atoms with van der Waals surface area (Å²) >= 11 is 5.83. The van der Waals surface area contributed by atoms with Gasteiger partial charge >= 0.3 is 5.97 Å². The van der Waals surface area contributed by atoms with E-state index in [1.165, 1.54) is 20.8 Å². The van der Waals surface area contributed by atoms with Gasteiger partial charge in [-0.2, -0.15) is 0 Å². The molecule has 7 heteroatoms. The van der Waals surface area contributed by atoms with E-state index >= 15 is 0 Å². The summed E-state index contributed by atoms with van der Waals surface area (Å²) in [5.74, 6) is -0.998. The van der Waals surface area contributed by atoms with Gasteiger partial charge in [0, 0.05) is 5.02 Å². The van der Waals surface area contributed by atoms with Gasteiger partial charge in [0.2, 0.25) is 0 Å². The number of ketones is 1. The van der Waals surface area contributed by atoms with E-state index in [9.17, 15) is 14.4 Å². The van der Waals surface area contributed by atoms with Crippen molar-refractivity contribution in [3.05, 3.63) is 65.2 Å². The largest absolute Gasteiger partial charge is 0.476 e. The highest BCUT2D eigenvalue weighted by atomic mass is 35.5. The third-order valence-corrected chi connectivity index (χ3v) is 4.37. The molecule has 29 heavy (non-hydrogen) atoms. The monoisotopic (exact) mass is 417 g/mol. The molecule has 154 valence electrons. The van der Waals surface area contributed by atoms with E-state index in [-0.39, 0.29) is 5.78 Å². The van der Waals surface area contributed by atoms with Crippen molar-refractivity contribution in [1.29, 1.82) is 0 Å². The van der Waals surface area contributed by atoms with Crippen LogP contribution in [0, 0.1) is 0 Å². The molecule has 2 aromatic carbocycles. The molecule has 2 aromatic rings. The van der Waals surface area contributed by atoms with Gasteiger partial charge in [0.1, 0.15) is 5.75 Å². The van der Waals surface area contributed by atoms with Gasteiger partial charge in [-0.25, -0.2) is 4.79 Å². The van der Waals surface area contributed by atoms with Crippen LogP contribution >= 0.6 is 11.6 Å². The molecule has 0 aliphatic rings. The lowest BCUT2D eigenvalue weighted by Crippen LogP contribution is -2.45. The minimum absolute atomic E-state index is 0.181. The first-order chi connectivity index (χ1) is 13.7. The van der Waals surface area contributed by atoms with Gasteiger partial charge in [-0.05, 0) is 57.0 Å². The molecule has 0 saturated carbocycles. The van der Waals surface area contributed by atoms with Crippen molar-refractivity contribution in [2.24, 2.45) is 0 Å². The molecule has 0 unspecified atom stereocenters. The first-order valence-electron chi connectivity index (χ1n) is 9.13. The van der Waals surface area contributed by atoms with Gasteiger partial charge in [-0.15, -0.1) is 0 Å². The fourth-order valence-corrected chi connectivity index (χ4v) is 2.65. The number of carbonyl (C=O) groups is 3. The van der Waals surface area contributed by atoms with Crippen molar-refractivity contribution in [2.45, 2.75) is 38.8 Å². The van der Waals surface area contributed by atoms with Crippen LogP contribution in [-0.4, -0.2) is 35.9 Å². The fraction of sp³-hybridized carbons (Fsp3) is 0.318. The lowest BCUT2D eigenvalue weighted by Gasteiger charge is -2.24. The van der Waals surface area contributed by atoms with Crippen molar-refractivity contribution in [2.75, 3.05) is 6.61 Å². The molecule has 1 N–H and O–H groups in total. The second-order valence-electron chi connectivity index (χ2n) is 7.06. The van der Waals surface area contributed by atoms with Crippen molar-refractivity contribution in [3.8, 4) is 5.75 Å². The van der Waals surface area contributed by atoms with Crippen LogP contribution in [0.2, 0.25) is 5.02 Å². The topological polar surface area (TPSA) is 81.7 Å². The van der Waals surface area contributed by atoms with Crippen LogP contribution in [0.1, 0.15) is 26.3 Å². The lowest BCUT2D eigenvalue weighted by molar-refractivity contribution is -0.162. The summed E-state index contributed by atoms with van der Waals surface area (Å²) in [5, 5.41) is 3.15. The summed E-state index contributed by atoms with van der Waals surface area (Å²) < 4.78 is 10.7. The van der Waals surface area contributed by atoms with E-state index < -0.39 is 30.1 Å². The summed E-state index contributed by atoms with van der Waals surface area (Å²) in [6, 6.07) is 15.2. The zero-order chi connectivity index (χ0) is 21.4. The number of benzene rings is 2. The highest BCUT2D eigenvalue weighted by Crippen LogP contribution is 2.21. The Morgan fingerprint density at radius 3 is 2.24 bits per heavy atom. The molecule has 0 spiro atoms. The van der Waals surface area contributed by atoms with Gasteiger partial charge in [0.15, 0.2) is 18.0 Å². The van der Waals surface area contributed by atoms with E-state index in [2.05, 4.69) is 5.32 Å². The van der Waals surface area contributed by atoms with Crippen LogP contribution in [-0.2, 0) is 25.5 Å². The van der Waals surface area contributed by atoms with Crippen LogP contribution in [0.4, 0.5) is 0 Å². The minimum atomic E-state index is -1.31. The molecule has 1 atom stereocenters. The summed E-state index contributed by atoms with van der Waals surface area (Å²) in [6.45, 7) is 3.97. The molecule has 0 aromatic heterocycles. The molecule has 1 amide bonds. The van der Waals surface area contributed by atoms with Gasteiger partial charge < -0.3 is 14.8 Å². The third kappa shape index (κ3) is 7.23. The molecule has 0 saturated heterocycles. The predicted octanol–water partition coefficient (Wildman–Crippen LogP) is 3.36. The normalized spacial score (nSPS) is 12.0. The zero-order valence-corrected chi connectivity index (χ0v) is 17.4. The van der Waals surface area contributed by atoms with Crippen LogP contribution < -0.4 is 10.1 Å². The van der Waals surface area contributed by atoms with Crippen LogP contribution in [0.25, 0.3) is 0 Å². The van der Waals surface area contributed by atoms with E-state index in [0.29, 0.717) is 17.2 Å². The number of Topliss-reactive ketones (excluding diaryl/α,β-unsaturated/α-hetero) is 1. The highest BCUT2D eigenvalue weighted by molar-refractivity contribution is 6.30. The number of halogens is 1. The number of hydrogen-bond donors (Lipinski definition) is 1. The molecule has 0 aliphatic heterocycles. The maximum atomic E-state index is 12.3. The average molecular weight is 418 g/mol. The van der Waals surface area contributed by atoms with E-state index in [1.807, 2.05) is 30.3 Å². The molecular weight excluding hydrogens is 394 g/mol. The third-order valence-electron chi connectivity index (χ3n) is 4.12. The number of nitrogens with one attached hydrogen (secondary N) is 1. The average Bonchev–Trinajstić information content (AvgIpc) is 2.68. The summed E-state index contributed by atoms with van der Waals surface area (Å²) in [5.41, 5.74) is -0.388. The van der Waals surface area contributed by atoms with Crippen molar-refractivity contribution < 1.29 is 23.9 Å². The lowest BCUT2D eigenvalue weighted by atomic mass is 10.0. The Labute approximate surface area is 175 Å². The van der Waals surface area contributed by atoms with Crippen molar-refractivity contribution in [3.63, 3.8) is 0 Å². The highest BCUT2D eigenvalue weighted by Gasteiger charge is 2.32. The zero-order valence-electron chi connectivity index (χ0n) is 16.6. The number of rotatable bonds is 9. The Morgan fingerprint density at radius 1 is 1.03 bits per heavy atom. The Hall–Kier alpha value is -2.86. The van der Waals surface area contributed by atoms with Crippen LogP contribution in [0.5, 0.6) is 5.75 Å². The van der Waals surface area contributed by atoms with Crippen molar-refractivity contribution in [1.82, 2.24) is 5.32 Å². The molecule has 0 bridgehead atoms. The summed E-state index contributed by atoms with van der Waals surface area (Å²) in [7, 11) is 0. The molecule has 2 rings (SSSR count). The smallest absolute Gasteiger partial charge is 0.350 e. The fourth-order valence-electron chi connectivity index (χ4n) is 2.53. The number of carbonyl (C=O) groups excluding carboxylic acids is 3. The molecular formula is C22H24ClNO5.